The van der Waals surface area contributed by atoms with Gasteiger partial charge in [0, 0.05) is 32.6 Å². The molecule has 0 saturated carbocycles. The van der Waals surface area contributed by atoms with Crippen molar-refractivity contribution in [1.29, 1.82) is 0 Å². The van der Waals surface area contributed by atoms with E-state index in [0.29, 0.717) is 6.54 Å². The van der Waals surface area contributed by atoms with Gasteiger partial charge in [0.05, 0.1) is 0 Å². The lowest BCUT2D eigenvalue weighted by molar-refractivity contribution is 0.162. The molecule has 1 heterocycles. The fraction of sp³-hybridized carbons (Fsp3) is 0.833. The minimum absolute atomic E-state index is 0.0366. The van der Waals surface area contributed by atoms with Crippen LogP contribution in [0.1, 0.15) is 32.6 Å². The molecule has 2 amide bonds. The molecule has 6 heteroatoms. The predicted molar refractivity (Wildman–Crippen MR) is 70.6 cm³/mol. The van der Waals surface area contributed by atoms with E-state index in [1.165, 1.54) is 12.8 Å². The van der Waals surface area contributed by atoms with Crippen LogP contribution in [0.25, 0.3) is 0 Å². The van der Waals surface area contributed by atoms with Crippen LogP contribution < -0.4 is 5.73 Å². The summed E-state index contributed by atoms with van der Waals surface area (Å²) in [6.07, 6.45) is 4.56. The summed E-state index contributed by atoms with van der Waals surface area (Å²) >= 11 is 0. The van der Waals surface area contributed by atoms with Crippen LogP contribution in [0, 0.1) is 5.92 Å². The van der Waals surface area contributed by atoms with E-state index >= 15 is 0 Å². The molecule has 0 aromatic heterocycles. The van der Waals surface area contributed by atoms with Gasteiger partial charge in [-0.05, 0) is 12.8 Å². The summed E-state index contributed by atoms with van der Waals surface area (Å²) in [7, 11) is 1.76. The van der Waals surface area contributed by atoms with Gasteiger partial charge in [0.2, 0.25) is 0 Å². The number of rotatable bonds is 3. The largest absolute Gasteiger partial charge is 0.409 e. The third-order valence-electron chi connectivity index (χ3n) is 3.37. The van der Waals surface area contributed by atoms with Crippen LogP contribution in [0.15, 0.2) is 5.16 Å². The maximum Gasteiger partial charge on any atom is 0.319 e. The molecule has 1 saturated heterocycles. The highest BCUT2D eigenvalue weighted by atomic mass is 16.4. The van der Waals surface area contributed by atoms with Crippen molar-refractivity contribution in [3.63, 3.8) is 0 Å². The van der Waals surface area contributed by atoms with Gasteiger partial charge in [-0.15, -0.1) is 0 Å². The Labute approximate surface area is 108 Å². The van der Waals surface area contributed by atoms with Crippen LogP contribution in [0.3, 0.4) is 0 Å². The third-order valence-corrected chi connectivity index (χ3v) is 3.37. The first-order valence-electron chi connectivity index (χ1n) is 6.53. The zero-order chi connectivity index (χ0) is 13.5. The van der Waals surface area contributed by atoms with E-state index < -0.39 is 0 Å². The second-order valence-corrected chi connectivity index (χ2v) is 4.99. The second kappa shape index (κ2) is 7.08. The quantitative estimate of drug-likeness (QED) is 0.345. The Morgan fingerprint density at radius 3 is 2.44 bits per heavy atom. The summed E-state index contributed by atoms with van der Waals surface area (Å²) in [6.45, 7) is 3.97. The van der Waals surface area contributed by atoms with Gasteiger partial charge in [0.15, 0.2) is 0 Å². The first-order chi connectivity index (χ1) is 8.56. The van der Waals surface area contributed by atoms with Gasteiger partial charge < -0.3 is 20.7 Å². The van der Waals surface area contributed by atoms with E-state index in [4.69, 9.17) is 10.9 Å². The summed E-state index contributed by atoms with van der Waals surface area (Å²) in [6, 6.07) is 0.0366. The highest BCUT2D eigenvalue weighted by molar-refractivity contribution is 5.83. The number of nitrogens with two attached hydrogens (primary N) is 1. The zero-order valence-corrected chi connectivity index (χ0v) is 11.3. The fourth-order valence-corrected chi connectivity index (χ4v) is 2.18. The molecule has 0 aromatic rings. The summed E-state index contributed by atoms with van der Waals surface area (Å²) in [5.74, 6) is 0.0152. The van der Waals surface area contributed by atoms with Crippen molar-refractivity contribution >= 4 is 11.9 Å². The molecule has 0 spiro atoms. The number of carbonyl (C=O) groups is 1. The Kier molecular flexibility index (Phi) is 5.74. The molecule has 1 rings (SSSR count). The monoisotopic (exact) mass is 256 g/mol. The Hall–Kier alpha value is -1.46. The van der Waals surface area contributed by atoms with Gasteiger partial charge in [-0.25, -0.2) is 4.79 Å². The molecule has 104 valence electrons. The van der Waals surface area contributed by atoms with Crippen LogP contribution in [-0.4, -0.2) is 53.6 Å². The van der Waals surface area contributed by atoms with E-state index in [9.17, 15) is 4.79 Å². The number of carbonyl (C=O) groups excluding carboxylic acids is 1. The Morgan fingerprint density at radius 2 is 1.94 bits per heavy atom. The highest BCUT2D eigenvalue weighted by Crippen LogP contribution is 2.12. The summed E-state index contributed by atoms with van der Waals surface area (Å²) in [4.78, 5) is 15.7. The average Bonchev–Trinajstić information content (AvgIpc) is 2.65. The summed E-state index contributed by atoms with van der Waals surface area (Å²) in [5, 5.41) is 11.6. The van der Waals surface area contributed by atoms with E-state index in [1.54, 1.807) is 11.9 Å². The molecule has 1 unspecified atom stereocenters. The molecule has 18 heavy (non-hydrogen) atoms. The Balaban J connectivity index is 2.49. The molecule has 6 nitrogen and oxygen atoms in total. The van der Waals surface area contributed by atoms with Gasteiger partial charge in [0.25, 0.3) is 0 Å². The van der Waals surface area contributed by atoms with Gasteiger partial charge in [-0.1, -0.05) is 24.9 Å². The molecule has 1 atom stereocenters. The predicted octanol–water partition coefficient (Wildman–Crippen LogP) is 1.30. The molecule has 0 aliphatic carbocycles. The fourth-order valence-electron chi connectivity index (χ4n) is 2.18. The number of likely N-dealkylation sites (tertiary alicyclic amines) is 1. The Bertz CT molecular complexity index is 298. The Morgan fingerprint density at radius 1 is 1.39 bits per heavy atom. The molecular formula is C12H24N4O2. The first-order valence-corrected chi connectivity index (χ1v) is 6.53. The van der Waals surface area contributed by atoms with Crippen molar-refractivity contribution in [3.8, 4) is 0 Å². The van der Waals surface area contributed by atoms with Crippen molar-refractivity contribution < 1.29 is 10.0 Å². The standard InChI is InChI=1S/C12H24N4O2/c1-10(11(13)14-18)9-15(2)12(17)16-7-5-3-4-6-8-16/h10,18H,3-9H2,1-2H3,(H2,13,14). The van der Waals surface area contributed by atoms with Gasteiger partial charge in [0.1, 0.15) is 5.84 Å². The summed E-state index contributed by atoms with van der Waals surface area (Å²) < 4.78 is 0. The van der Waals surface area contributed by atoms with E-state index in [-0.39, 0.29) is 17.8 Å². The first kappa shape index (κ1) is 14.6. The maximum atomic E-state index is 12.2. The number of amides is 2. The van der Waals surface area contributed by atoms with Crippen LogP contribution in [-0.2, 0) is 0 Å². The number of oxime groups is 1. The van der Waals surface area contributed by atoms with Gasteiger partial charge in [-0.2, -0.15) is 0 Å². The molecule has 1 aliphatic rings. The van der Waals surface area contributed by atoms with Crippen LogP contribution in [0.4, 0.5) is 4.79 Å². The van der Waals surface area contributed by atoms with Gasteiger partial charge >= 0.3 is 6.03 Å². The molecular weight excluding hydrogens is 232 g/mol. The summed E-state index contributed by atoms with van der Waals surface area (Å²) in [5.41, 5.74) is 5.52. The lowest BCUT2D eigenvalue weighted by Crippen LogP contribution is -2.44. The van der Waals surface area contributed by atoms with Crippen LogP contribution >= 0.6 is 0 Å². The van der Waals surface area contributed by atoms with Crippen LogP contribution in [0.5, 0.6) is 0 Å². The molecule has 0 aromatic carbocycles. The zero-order valence-electron chi connectivity index (χ0n) is 11.3. The average molecular weight is 256 g/mol. The number of hydrogen-bond acceptors (Lipinski definition) is 3. The maximum absolute atomic E-state index is 12.2. The minimum atomic E-state index is -0.143. The SMILES string of the molecule is CC(CN(C)C(=O)N1CCCCCC1)C(N)=NO. The second-order valence-electron chi connectivity index (χ2n) is 4.99. The third kappa shape index (κ3) is 4.09. The molecule has 3 N–H and O–H groups in total. The number of urea groups is 1. The minimum Gasteiger partial charge on any atom is -0.409 e. The van der Waals surface area contributed by atoms with E-state index in [1.807, 2.05) is 11.8 Å². The normalized spacial score (nSPS) is 19.2. The number of amidine groups is 1. The molecule has 0 bridgehead atoms. The van der Waals surface area contributed by atoms with Crippen molar-refractivity contribution in [3.05, 3.63) is 0 Å². The van der Waals surface area contributed by atoms with Crippen molar-refractivity contribution in [1.82, 2.24) is 9.80 Å². The van der Waals surface area contributed by atoms with E-state index in [2.05, 4.69) is 5.16 Å². The topological polar surface area (TPSA) is 82.2 Å². The van der Waals surface area contributed by atoms with Crippen molar-refractivity contribution in [2.45, 2.75) is 32.6 Å². The smallest absolute Gasteiger partial charge is 0.319 e. The lowest BCUT2D eigenvalue weighted by Gasteiger charge is -2.28. The van der Waals surface area contributed by atoms with Gasteiger partial charge in [-0.3, -0.25) is 0 Å². The van der Waals surface area contributed by atoms with Crippen LogP contribution in [0.2, 0.25) is 0 Å². The van der Waals surface area contributed by atoms with Crippen molar-refractivity contribution in [2.75, 3.05) is 26.7 Å². The lowest BCUT2D eigenvalue weighted by atomic mass is 10.1. The molecule has 1 aliphatic heterocycles. The number of nitrogens with zero attached hydrogens (tertiary/aromatic N) is 3. The molecule has 1 fully saturated rings. The highest BCUT2D eigenvalue weighted by Gasteiger charge is 2.21. The number of hydrogen-bond donors (Lipinski definition) is 2. The van der Waals surface area contributed by atoms with E-state index in [0.717, 1.165) is 25.9 Å². The van der Waals surface area contributed by atoms with Crippen molar-refractivity contribution in [2.24, 2.45) is 16.8 Å². The molecule has 0 radical (unpaired) electrons.